The van der Waals surface area contributed by atoms with Gasteiger partial charge in [-0.05, 0) is 24.1 Å². The number of fused-ring (bicyclic) bond motifs is 1. The van der Waals surface area contributed by atoms with E-state index in [9.17, 15) is 9.59 Å². The number of carbonyl (C=O) groups excluding carboxylic acids is 2. The monoisotopic (exact) mass is 279 g/mol. The van der Waals surface area contributed by atoms with Crippen LogP contribution in [0.3, 0.4) is 0 Å². The van der Waals surface area contributed by atoms with E-state index >= 15 is 0 Å². The Kier molecular flexibility index (Phi) is 4.11. The van der Waals surface area contributed by atoms with E-state index in [0.29, 0.717) is 11.4 Å². The molecule has 0 aliphatic carbocycles. The summed E-state index contributed by atoms with van der Waals surface area (Å²) in [5.41, 5.74) is 7.16. The van der Waals surface area contributed by atoms with E-state index in [1.54, 1.807) is 6.07 Å². The molecule has 2 rings (SSSR count). The fraction of sp³-hybridized carbons (Fsp3) is 0.385. The lowest BCUT2D eigenvalue weighted by Crippen LogP contribution is -2.39. The van der Waals surface area contributed by atoms with Gasteiger partial charge >= 0.3 is 0 Å². The van der Waals surface area contributed by atoms with Gasteiger partial charge in [-0.1, -0.05) is 13.8 Å². The van der Waals surface area contributed by atoms with Gasteiger partial charge in [0.15, 0.2) is 0 Å². The van der Waals surface area contributed by atoms with Crippen LogP contribution in [0.4, 0.5) is 11.4 Å². The molecule has 102 valence electrons. The summed E-state index contributed by atoms with van der Waals surface area (Å²) >= 11 is 1.49. The van der Waals surface area contributed by atoms with Crippen molar-refractivity contribution in [1.29, 1.82) is 0 Å². The summed E-state index contributed by atoms with van der Waals surface area (Å²) in [7, 11) is 0. The number of thioether (sulfide) groups is 1. The minimum absolute atomic E-state index is 0.0279. The Balaban J connectivity index is 2.12. The molecular formula is C13H17N3O2S. The quantitative estimate of drug-likeness (QED) is 0.785. The predicted octanol–water partition coefficient (Wildman–Crippen LogP) is 1.65. The normalized spacial score (nSPS) is 15.7. The second-order valence-electron chi connectivity index (χ2n) is 4.81. The van der Waals surface area contributed by atoms with Gasteiger partial charge < -0.3 is 16.4 Å². The van der Waals surface area contributed by atoms with E-state index in [1.807, 2.05) is 26.0 Å². The Morgan fingerprint density at radius 1 is 1.47 bits per heavy atom. The number of hydrogen-bond donors (Lipinski definition) is 3. The highest BCUT2D eigenvalue weighted by molar-refractivity contribution is 8.00. The second-order valence-corrected chi connectivity index (χ2v) is 5.82. The second kappa shape index (κ2) is 5.63. The number of nitrogens with two attached hydrogens (primary N) is 1. The highest BCUT2D eigenvalue weighted by atomic mass is 32.2. The molecule has 0 spiro atoms. The first-order valence-electron chi connectivity index (χ1n) is 6.10. The van der Waals surface area contributed by atoms with Crippen molar-refractivity contribution in [3.05, 3.63) is 18.2 Å². The van der Waals surface area contributed by atoms with Crippen LogP contribution < -0.4 is 16.4 Å². The van der Waals surface area contributed by atoms with Crippen LogP contribution >= 0.6 is 11.8 Å². The molecule has 1 aliphatic rings. The molecule has 0 bridgehead atoms. The Morgan fingerprint density at radius 2 is 2.21 bits per heavy atom. The van der Waals surface area contributed by atoms with Crippen LogP contribution in [0.15, 0.2) is 23.1 Å². The van der Waals surface area contributed by atoms with Gasteiger partial charge in [-0.3, -0.25) is 9.59 Å². The maximum Gasteiger partial charge on any atom is 0.241 e. The van der Waals surface area contributed by atoms with Crippen LogP contribution in [0.25, 0.3) is 0 Å². The van der Waals surface area contributed by atoms with Gasteiger partial charge in [0.25, 0.3) is 0 Å². The standard InChI is InChI=1S/C13H17N3O2S/c1-7(2)12(14)13(18)15-8-3-4-10-9(5-8)16-11(17)6-19-10/h3-5,7,12H,6,14H2,1-2H3,(H,15,18)(H,16,17). The van der Waals surface area contributed by atoms with Crippen molar-refractivity contribution >= 4 is 35.0 Å². The molecule has 1 unspecified atom stereocenters. The van der Waals surface area contributed by atoms with Crippen LogP contribution in [0.5, 0.6) is 0 Å². The third-order valence-corrected chi connectivity index (χ3v) is 3.97. The summed E-state index contributed by atoms with van der Waals surface area (Å²) in [6.45, 7) is 3.79. The number of carbonyl (C=O) groups is 2. The average Bonchev–Trinajstić information content (AvgIpc) is 2.37. The average molecular weight is 279 g/mol. The third-order valence-electron chi connectivity index (χ3n) is 2.90. The summed E-state index contributed by atoms with van der Waals surface area (Å²) in [5, 5.41) is 5.55. The largest absolute Gasteiger partial charge is 0.325 e. The van der Waals surface area contributed by atoms with Crippen LogP contribution in [-0.2, 0) is 9.59 Å². The minimum Gasteiger partial charge on any atom is -0.325 e. The van der Waals surface area contributed by atoms with Crippen LogP contribution in [0, 0.1) is 5.92 Å². The smallest absolute Gasteiger partial charge is 0.241 e. The van der Waals surface area contributed by atoms with E-state index in [-0.39, 0.29) is 17.7 Å². The molecule has 1 aliphatic heterocycles. The molecule has 0 fully saturated rings. The molecular weight excluding hydrogens is 262 g/mol. The van der Waals surface area contributed by atoms with Crippen molar-refractivity contribution in [2.24, 2.45) is 11.7 Å². The molecule has 6 heteroatoms. The summed E-state index contributed by atoms with van der Waals surface area (Å²) in [6, 6.07) is 4.91. The number of amides is 2. The molecule has 2 amide bonds. The Bertz CT molecular complexity index is 517. The number of rotatable bonds is 3. The van der Waals surface area contributed by atoms with Crippen LogP contribution in [0.2, 0.25) is 0 Å². The Labute approximate surface area is 116 Å². The third kappa shape index (κ3) is 3.27. The SMILES string of the molecule is CC(C)C(N)C(=O)Nc1ccc2c(c1)NC(=O)CS2. The lowest BCUT2D eigenvalue weighted by Gasteiger charge is -2.19. The zero-order valence-electron chi connectivity index (χ0n) is 10.9. The van der Waals surface area contributed by atoms with Crippen molar-refractivity contribution in [3.8, 4) is 0 Å². The van der Waals surface area contributed by atoms with Gasteiger partial charge in [0.05, 0.1) is 17.5 Å². The number of benzene rings is 1. The van der Waals surface area contributed by atoms with Gasteiger partial charge in [-0.2, -0.15) is 0 Å². The van der Waals surface area contributed by atoms with Crippen LogP contribution in [-0.4, -0.2) is 23.6 Å². The summed E-state index contributed by atoms with van der Waals surface area (Å²) < 4.78 is 0. The zero-order chi connectivity index (χ0) is 14.0. The highest BCUT2D eigenvalue weighted by Crippen LogP contribution is 2.33. The first-order valence-corrected chi connectivity index (χ1v) is 7.09. The van der Waals surface area contributed by atoms with Gasteiger partial charge in [-0.15, -0.1) is 11.8 Å². The number of nitrogens with one attached hydrogen (secondary N) is 2. The molecule has 0 saturated carbocycles. The van der Waals surface area contributed by atoms with Crippen molar-refractivity contribution in [2.75, 3.05) is 16.4 Å². The topological polar surface area (TPSA) is 84.2 Å². The summed E-state index contributed by atoms with van der Waals surface area (Å²) in [5.74, 6) is 0.259. The van der Waals surface area contributed by atoms with Gasteiger partial charge in [-0.25, -0.2) is 0 Å². The van der Waals surface area contributed by atoms with Gasteiger partial charge in [0, 0.05) is 10.6 Å². The molecule has 1 heterocycles. The fourth-order valence-corrected chi connectivity index (χ4v) is 2.48. The molecule has 19 heavy (non-hydrogen) atoms. The van der Waals surface area contributed by atoms with E-state index in [0.717, 1.165) is 10.6 Å². The van der Waals surface area contributed by atoms with Crippen molar-refractivity contribution < 1.29 is 9.59 Å². The minimum atomic E-state index is -0.542. The first kappa shape index (κ1) is 13.9. The molecule has 1 aromatic rings. The first-order chi connectivity index (χ1) is 8.97. The molecule has 1 aromatic carbocycles. The molecule has 0 saturated heterocycles. The Morgan fingerprint density at radius 3 is 2.89 bits per heavy atom. The summed E-state index contributed by atoms with van der Waals surface area (Å²) in [6.07, 6.45) is 0. The highest BCUT2D eigenvalue weighted by Gasteiger charge is 2.19. The number of anilines is 2. The van der Waals surface area contributed by atoms with Crippen molar-refractivity contribution in [2.45, 2.75) is 24.8 Å². The maximum atomic E-state index is 11.9. The molecule has 5 nitrogen and oxygen atoms in total. The van der Waals surface area contributed by atoms with Crippen LogP contribution in [0.1, 0.15) is 13.8 Å². The van der Waals surface area contributed by atoms with E-state index in [1.165, 1.54) is 11.8 Å². The van der Waals surface area contributed by atoms with E-state index in [4.69, 9.17) is 5.73 Å². The number of hydrogen-bond acceptors (Lipinski definition) is 4. The van der Waals surface area contributed by atoms with Crippen molar-refractivity contribution in [1.82, 2.24) is 0 Å². The maximum absolute atomic E-state index is 11.9. The predicted molar refractivity (Wildman–Crippen MR) is 77.2 cm³/mol. The van der Waals surface area contributed by atoms with E-state index in [2.05, 4.69) is 10.6 Å². The Hall–Kier alpha value is -1.53. The van der Waals surface area contributed by atoms with Gasteiger partial charge in [0.1, 0.15) is 0 Å². The van der Waals surface area contributed by atoms with Crippen molar-refractivity contribution in [3.63, 3.8) is 0 Å². The molecule has 1 atom stereocenters. The van der Waals surface area contributed by atoms with Gasteiger partial charge in [0.2, 0.25) is 11.8 Å². The zero-order valence-corrected chi connectivity index (χ0v) is 11.7. The fourth-order valence-electron chi connectivity index (χ4n) is 1.69. The molecule has 0 radical (unpaired) electrons. The summed E-state index contributed by atoms with van der Waals surface area (Å²) in [4.78, 5) is 24.2. The van der Waals surface area contributed by atoms with E-state index < -0.39 is 6.04 Å². The lowest BCUT2D eigenvalue weighted by molar-refractivity contribution is -0.118. The molecule has 0 aromatic heterocycles. The lowest BCUT2D eigenvalue weighted by atomic mass is 10.0. The molecule has 4 N–H and O–H groups in total.